The molecule has 0 amide bonds. The lowest BCUT2D eigenvalue weighted by molar-refractivity contribution is -0.318. The van der Waals surface area contributed by atoms with Gasteiger partial charge in [-0.3, -0.25) is 4.79 Å². The van der Waals surface area contributed by atoms with Crippen LogP contribution >= 0.6 is 0 Å². The van der Waals surface area contributed by atoms with Crippen molar-refractivity contribution >= 4 is 5.97 Å². The molecule has 13 heteroatoms. The maximum atomic E-state index is 14.3. The summed E-state index contributed by atoms with van der Waals surface area (Å²) in [5.74, 6) is -2.11. The maximum absolute atomic E-state index is 14.3. The van der Waals surface area contributed by atoms with E-state index in [1.165, 1.54) is 0 Å². The number of ether oxygens (including phenoxy) is 9. The Bertz CT molecular complexity index is 1630. The number of allylic oxidation sites excluding steroid dienone is 2. The van der Waals surface area contributed by atoms with Crippen LogP contribution in [0.3, 0.4) is 0 Å². The summed E-state index contributed by atoms with van der Waals surface area (Å²) in [6, 6.07) is 0. The van der Waals surface area contributed by atoms with Gasteiger partial charge in [0.05, 0.1) is 49.3 Å². The molecule has 5 aliphatic heterocycles. The summed E-state index contributed by atoms with van der Waals surface area (Å²) in [5.41, 5.74) is 0.810. The van der Waals surface area contributed by atoms with Crippen LogP contribution < -0.4 is 0 Å². The predicted octanol–water partition coefficient (Wildman–Crippen LogP) is 6.22. The summed E-state index contributed by atoms with van der Waals surface area (Å²) < 4.78 is 57.6. The fourth-order valence-corrected chi connectivity index (χ4v) is 11.1. The molecule has 7 aliphatic rings. The third-order valence-corrected chi connectivity index (χ3v) is 15.0. The third-order valence-electron chi connectivity index (χ3n) is 15.0. The molecule has 13 nitrogen and oxygen atoms in total. The van der Waals surface area contributed by atoms with Gasteiger partial charge < -0.3 is 58.0 Å². The molecule has 344 valence electrons. The van der Waals surface area contributed by atoms with Gasteiger partial charge in [-0.15, -0.1) is 0 Å². The van der Waals surface area contributed by atoms with Crippen molar-refractivity contribution in [2.75, 3.05) is 20.8 Å². The van der Waals surface area contributed by atoms with Crippen molar-refractivity contribution in [2.24, 2.45) is 29.6 Å². The van der Waals surface area contributed by atoms with Crippen molar-refractivity contribution in [3.8, 4) is 0 Å². The zero-order valence-electron chi connectivity index (χ0n) is 37.9. The number of esters is 1. The average Bonchev–Trinajstić information content (AvgIpc) is 3.47. The van der Waals surface area contributed by atoms with Crippen molar-refractivity contribution in [1.29, 1.82) is 0 Å². The molecular formula is C48H74O13. The lowest BCUT2D eigenvalue weighted by Gasteiger charge is -2.44. The van der Waals surface area contributed by atoms with Crippen molar-refractivity contribution in [1.82, 2.24) is 0 Å². The van der Waals surface area contributed by atoms with Crippen LogP contribution in [0.4, 0.5) is 0 Å². The number of carbonyl (C=O) groups is 1. The van der Waals surface area contributed by atoms with E-state index in [2.05, 4.69) is 39.8 Å². The second-order valence-electron chi connectivity index (χ2n) is 19.5. The molecule has 5 heterocycles. The van der Waals surface area contributed by atoms with Gasteiger partial charge in [-0.1, -0.05) is 51.2 Å². The Labute approximate surface area is 363 Å². The Kier molecular flexibility index (Phi) is 15.1. The van der Waals surface area contributed by atoms with Gasteiger partial charge in [0.25, 0.3) is 0 Å². The largest absolute Gasteiger partial charge is 0.462 e. The molecule has 0 radical (unpaired) electrons. The number of hydrogen-bond acceptors (Lipinski definition) is 13. The van der Waals surface area contributed by atoms with Crippen molar-refractivity contribution in [3.05, 3.63) is 47.1 Å². The van der Waals surface area contributed by atoms with Gasteiger partial charge in [-0.2, -0.15) is 0 Å². The zero-order valence-corrected chi connectivity index (χ0v) is 37.9. The topological polar surface area (TPSA) is 161 Å². The molecule has 61 heavy (non-hydrogen) atoms. The number of methoxy groups -OCH3 is 2. The van der Waals surface area contributed by atoms with E-state index >= 15 is 0 Å². The first kappa shape index (κ1) is 47.0. The number of rotatable bonds is 7. The van der Waals surface area contributed by atoms with Crippen LogP contribution in [0.15, 0.2) is 47.1 Å². The summed E-state index contributed by atoms with van der Waals surface area (Å²) in [5, 5.41) is 34.5. The highest BCUT2D eigenvalue weighted by atomic mass is 16.7. The summed E-state index contributed by atoms with van der Waals surface area (Å²) in [6.07, 6.45) is 9.71. The molecule has 3 N–H and O–H groups in total. The quantitative estimate of drug-likeness (QED) is 0.196. The van der Waals surface area contributed by atoms with E-state index in [1.807, 2.05) is 32.9 Å². The fraction of sp³-hybridized carbons (Fsp3) is 0.812. The van der Waals surface area contributed by atoms with Crippen LogP contribution in [-0.2, 0) is 47.4 Å². The summed E-state index contributed by atoms with van der Waals surface area (Å²) >= 11 is 0. The van der Waals surface area contributed by atoms with Crippen molar-refractivity contribution in [3.63, 3.8) is 0 Å². The summed E-state index contributed by atoms with van der Waals surface area (Å²) in [7, 11) is 3.24. The number of aliphatic hydroxyl groups is 3. The standard InChI is InChI=1S/C48H74O13/c1-26(2)32-19-20-47(55-25-32)24-35-17-16-34(61-47)15-13-28(4)44(27(3)11-10-12-33-14-18-36-42(49)29(5)21-37(46(51)58-35)48(33,36)52)59-41-23-39(54-9)45(31(7)57-41)60-40-22-38(53-8)43(50)30(6)56-40/h10-13,21,26-27,30-32,34-45,49-50,52H,14-20,22-25H2,1-9H3/b11-10-,28-13-,33-12+/t27-,30-,31-,32-,34+,35-,36-,37-,38-,39-,40-,41-,42+,43-,44-,45-,47-,48+/m0/s1. The lowest BCUT2D eigenvalue weighted by atomic mass is 9.68. The normalized spacial score (nSPS) is 48.5. The molecule has 0 aromatic carbocycles. The minimum atomic E-state index is -1.60. The van der Waals surface area contributed by atoms with Crippen LogP contribution in [0.25, 0.3) is 0 Å². The third kappa shape index (κ3) is 9.98. The Morgan fingerprint density at radius 1 is 0.885 bits per heavy atom. The SMILES string of the molecule is CO[C@H]1C[C@H](O[C@H]2[C@H](C)O[C@@H](O[C@@H]3/C(C)=C\C[C@@H]4CC[C@@H](C[C@]5(CC[C@H](C(C)C)CO5)O4)OC(=O)[C@@H]4C=C(C)[C@@H](O)[C@@H]5CC/C(=C\C=C/[C@@H]3C)[C@]45O)C[C@@H]2OC)O[C@@H](C)[C@@H]1O. The van der Waals surface area contributed by atoms with Gasteiger partial charge in [-0.25, -0.2) is 0 Å². The second-order valence-corrected chi connectivity index (χ2v) is 19.5. The lowest BCUT2D eigenvalue weighted by Crippen LogP contribution is -2.55. The van der Waals surface area contributed by atoms with Gasteiger partial charge in [-0.05, 0) is 94.8 Å². The molecule has 1 saturated carbocycles. The Hall–Kier alpha value is -2.01. The van der Waals surface area contributed by atoms with Crippen molar-refractivity contribution in [2.45, 2.75) is 198 Å². The molecule has 0 unspecified atom stereocenters. The van der Waals surface area contributed by atoms with E-state index in [4.69, 9.17) is 42.6 Å². The van der Waals surface area contributed by atoms with Crippen LogP contribution in [0.5, 0.6) is 0 Å². The molecule has 0 aromatic rings. The first-order chi connectivity index (χ1) is 29.0. The molecule has 4 saturated heterocycles. The number of carbonyl (C=O) groups excluding carboxylic acids is 1. The highest BCUT2D eigenvalue weighted by Gasteiger charge is 2.58. The minimum Gasteiger partial charge on any atom is -0.462 e. The van der Waals surface area contributed by atoms with Gasteiger partial charge in [0.15, 0.2) is 18.4 Å². The minimum absolute atomic E-state index is 0.140. The second kappa shape index (κ2) is 19.6. The average molecular weight is 859 g/mol. The first-order valence-corrected chi connectivity index (χ1v) is 23.1. The highest BCUT2D eigenvalue weighted by Crippen LogP contribution is 2.52. The zero-order chi connectivity index (χ0) is 43.8. The molecule has 0 aromatic heterocycles. The molecule has 1 spiro atoms. The van der Waals surface area contributed by atoms with E-state index in [0.717, 1.165) is 12.0 Å². The van der Waals surface area contributed by atoms with Crippen LogP contribution in [0.2, 0.25) is 0 Å². The fourth-order valence-electron chi connectivity index (χ4n) is 11.1. The predicted molar refractivity (Wildman–Crippen MR) is 226 cm³/mol. The Balaban J connectivity index is 1.17. The van der Waals surface area contributed by atoms with Gasteiger partial charge in [0.2, 0.25) is 0 Å². The first-order valence-electron chi connectivity index (χ1n) is 23.1. The van der Waals surface area contributed by atoms with Gasteiger partial charge in [0.1, 0.15) is 29.8 Å². The van der Waals surface area contributed by atoms with Crippen LogP contribution in [-0.4, -0.2) is 127 Å². The molecule has 5 fully saturated rings. The highest BCUT2D eigenvalue weighted by molar-refractivity contribution is 5.78. The number of fused-ring (bicyclic) bond motifs is 3. The molecule has 18 atom stereocenters. The van der Waals surface area contributed by atoms with E-state index in [-0.39, 0.29) is 18.1 Å². The molecule has 7 rings (SSSR count). The van der Waals surface area contributed by atoms with E-state index in [1.54, 1.807) is 20.3 Å². The van der Waals surface area contributed by atoms with Crippen molar-refractivity contribution < 1.29 is 62.7 Å². The Morgan fingerprint density at radius 2 is 1.59 bits per heavy atom. The summed E-state index contributed by atoms with van der Waals surface area (Å²) in [4.78, 5) is 14.3. The number of aliphatic hydroxyl groups excluding tert-OH is 2. The van der Waals surface area contributed by atoms with Gasteiger partial charge in [0, 0.05) is 51.7 Å². The van der Waals surface area contributed by atoms with Gasteiger partial charge >= 0.3 is 5.97 Å². The van der Waals surface area contributed by atoms with E-state index < -0.39 is 90.6 Å². The number of hydrogen-bond donors (Lipinski definition) is 3. The molecule has 2 aliphatic carbocycles. The van der Waals surface area contributed by atoms with E-state index in [0.29, 0.717) is 87.4 Å². The summed E-state index contributed by atoms with van der Waals surface area (Å²) in [6.45, 7) is 14.8. The molecule has 2 bridgehead atoms. The van der Waals surface area contributed by atoms with Crippen LogP contribution in [0, 0.1) is 29.6 Å². The van der Waals surface area contributed by atoms with E-state index in [9.17, 15) is 20.1 Å². The smallest absolute Gasteiger partial charge is 0.316 e. The maximum Gasteiger partial charge on any atom is 0.316 e. The van der Waals surface area contributed by atoms with Crippen LogP contribution in [0.1, 0.15) is 113 Å². The molecular weight excluding hydrogens is 785 g/mol. The monoisotopic (exact) mass is 859 g/mol. The Morgan fingerprint density at radius 3 is 2.30 bits per heavy atom.